The summed E-state index contributed by atoms with van der Waals surface area (Å²) in [6, 6.07) is 2.78. The zero-order valence-electron chi connectivity index (χ0n) is 8.62. The first kappa shape index (κ1) is 11.8. The molecule has 17 heavy (non-hydrogen) atoms. The van der Waals surface area contributed by atoms with Crippen molar-refractivity contribution in [3.63, 3.8) is 0 Å². The second kappa shape index (κ2) is 3.43. The average Bonchev–Trinajstić information content (AvgIpc) is 2.82. The lowest BCUT2D eigenvalue weighted by Crippen LogP contribution is -2.26. The molecule has 0 aliphatic heterocycles. The molecule has 0 aromatic heterocycles. The number of rotatable bonds is 3. The van der Waals surface area contributed by atoms with Crippen molar-refractivity contribution in [2.24, 2.45) is 5.73 Å². The van der Waals surface area contributed by atoms with Gasteiger partial charge in [-0.05, 0) is 11.6 Å². The standard InChI is InChI=1S/C10H9F3N2O2/c11-7-2-1-6(3-8(7)15(16)17)9(5-14)4-10(9,12)13/h1-3H,4-5,14H2. The van der Waals surface area contributed by atoms with Crippen LogP contribution in [0.4, 0.5) is 18.9 Å². The quantitative estimate of drug-likeness (QED) is 0.654. The fourth-order valence-electron chi connectivity index (χ4n) is 1.94. The molecule has 7 heteroatoms. The summed E-state index contributed by atoms with van der Waals surface area (Å²) in [5.41, 5.74) is 2.92. The van der Waals surface area contributed by atoms with Crippen LogP contribution in [0.5, 0.6) is 0 Å². The van der Waals surface area contributed by atoms with Gasteiger partial charge in [0, 0.05) is 19.0 Å². The van der Waals surface area contributed by atoms with Crippen LogP contribution in [-0.2, 0) is 5.41 Å². The van der Waals surface area contributed by atoms with Gasteiger partial charge in [0.15, 0.2) is 0 Å². The van der Waals surface area contributed by atoms with Crippen molar-refractivity contribution in [2.75, 3.05) is 6.54 Å². The summed E-state index contributed by atoms with van der Waals surface area (Å²) in [7, 11) is 0. The summed E-state index contributed by atoms with van der Waals surface area (Å²) in [5, 5.41) is 10.5. The van der Waals surface area contributed by atoms with Gasteiger partial charge < -0.3 is 5.73 Å². The molecule has 1 aromatic carbocycles. The van der Waals surface area contributed by atoms with E-state index in [1.807, 2.05) is 0 Å². The lowest BCUT2D eigenvalue weighted by Gasteiger charge is -2.13. The summed E-state index contributed by atoms with van der Waals surface area (Å²) in [6.07, 6.45) is -0.459. The second-order valence-electron chi connectivity index (χ2n) is 4.09. The van der Waals surface area contributed by atoms with Crippen LogP contribution in [0.3, 0.4) is 0 Å². The number of alkyl halides is 2. The molecule has 0 amide bonds. The molecule has 2 rings (SSSR count). The Morgan fingerprint density at radius 3 is 2.47 bits per heavy atom. The maximum Gasteiger partial charge on any atom is 0.305 e. The van der Waals surface area contributed by atoms with Crippen LogP contribution in [0.15, 0.2) is 18.2 Å². The molecule has 1 aromatic rings. The summed E-state index contributed by atoms with van der Waals surface area (Å²) in [4.78, 5) is 9.58. The molecule has 0 radical (unpaired) electrons. The van der Waals surface area contributed by atoms with E-state index >= 15 is 0 Å². The van der Waals surface area contributed by atoms with Crippen LogP contribution >= 0.6 is 0 Å². The lowest BCUT2D eigenvalue weighted by molar-refractivity contribution is -0.387. The predicted octanol–water partition coefficient (Wildman–Crippen LogP) is 1.97. The number of hydrogen-bond acceptors (Lipinski definition) is 3. The lowest BCUT2D eigenvalue weighted by atomic mass is 9.95. The molecule has 92 valence electrons. The van der Waals surface area contributed by atoms with Gasteiger partial charge >= 0.3 is 5.69 Å². The number of benzene rings is 1. The number of nitro groups is 1. The Morgan fingerprint density at radius 2 is 2.06 bits per heavy atom. The zero-order valence-corrected chi connectivity index (χ0v) is 8.62. The Bertz CT molecular complexity index is 492. The molecule has 0 saturated heterocycles. The van der Waals surface area contributed by atoms with Crippen molar-refractivity contribution < 1.29 is 18.1 Å². The Kier molecular flexibility index (Phi) is 2.39. The molecule has 4 nitrogen and oxygen atoms in total. The van der Waals surface area contributed by atoms with E-state index in [9.17, 15) is 23.3 Å². The van der Waals surface area contributed by atoms with Gasteiger partial charge in [-0.3, -0.25) is 10.1 Å². The summed E-state index contributed by atoms with van der Waals surface area (Å²) >= 11 is 0. The maximum absolute atomic E-state index is 13.2. The third-order valence-corrected chi connectivity index (χ3v) is 3.14. The summed E-state index contributed by atoms with van der Waals surface area (Å²) in [5.74, 6) is -4.03. The summed E-state index contributed by atoms with van der Waals surface area (Å²) < 4.78 is 39.5. The van der Waals surface area contributed by atoms with Gasteiger partial charge in [0.05, 0.1) is 10.3 Å². The first-order chi connectivity index (χ1) is 7.84. The van der Waals surface area contributed by atoms with Gasteiger partial charge in [-0.15, -0.1) is 0 Å². The molecule has 0 spiro atoms. The molecule has 1 fully saturated rings. The van der Waals surface area contributed by atoms with E-state index in [-0.39, 0.29) is 12.1 Å². The Balaban J connectivity index is 2.48. The van der Waals surface area contributed by atoms with Crippen LogP contribution < -0.4 is 5.73 Å². The first-order valence-corrected chi connectivity index (χ1v) is 4.86. The van der Waals surface area contributed by atoms with Crippen molar-refractivity contribution in [3.8, 4) is 0 Å². The number of halogens is 3. The van der Waals surface area contributed by atoms with Crippen molar-refractivity contribution in [2.45, 2.75) is 17.8 Å². The van der Waals surface area contributed by atoms with E-state index in [4.69, 9.17) is 5.73 Å². The Labute approximate surface area is 94.4 Å². The number of nitrogens with two attached hydrogens (primary N) is 1. The summed E-state index contributed by atoms with van der Waals surface area (Å²) in [6.45, 7) is -0.331. The zero-order chi connectivity index (χ0) is 12.8. The first-order valence-electron chi connectivity index (χ1n) is 4.86. The highest BCUT2D eigenvalue weighted by atomic mass is 19.3. The van der Waals surface area contributed by atoms with Gasteiger partial charge in [0.2, 0.25) is 5.82 Å². The Morgan fingerprint density at radius 1 is 1.47 bits per heavy atom. The van der Waals surface area contributed by atoms with Gasteiger partial charge in [0.1, 0.15) is 0 Å². The van der Waals surface area contributed by atoms with Crippen LogP contribution in [-0.4, -0.2) is 17.4 Å². The molecule has 1 saturated carbocycles. The van der Waals surface area contributed by atoms with E-state index in [0.29, 0.717) is 0 Å². The molecule has 0 bridgehead atoms. The van der Waals surface area contributed by atoms with Crippen LogP contribution in [0.25, 0.3) is 0 Å². The molecule has 1 atom stereocenters. The van der Waals surface area contributed by atoms with Crippen molar-refractivity contribution in [1.29, 1.82) is 0 Å². The molecular formula is C10H9F3N2O2. The maximum atomic E-state index is 13.2. The SMILES string of the molecule is NCC1(c2ccc(F)c([N+](=O)[O-])c2)CC1(F)F. The number of hydrogen-bond donors (Lipinski definition) is 1. The minimum absolute atomic E-state index is 0.0121. The van der Waals surface area contributed by atoms with E-state index in [0.717, 1.165) is 18.2 Å². The van der Waals surface area contributed by atoms with Gasteiger partial charge in [-0.1, -0.05) is 6.07 Å². The van der Waals surface area contributed by atoms with Crippen LogP contribution in [0.1, 0.15) is 12.0 Å². The van der Waals surface area contributed by atoms with E-state index in [1.54, 1.807) is 0 Å². The minimum Gasteiger partial charge on any atom is -0.329 e. The average molecular weight is 246 g/mol. The van der Waals surface area contributed by atoms with E-state index in [1.165, 1.54) is 0 Å². The largest absolute Gasteiger partial charge is 0.329 e. The van der Waals surface area contributed by atoms with Crippen LogP contribution in [0.2, 0.25) is 0 Å². The smallest absolute Gasteiger partial charge is 0.305 e. The van der Waals surface area contributed by atoms with Crippen molar-refractivity contribution >= 4 is 5.69 Å². The third-order valence-electron chi connectivity index (χ3n) is 3.14. The molecule has 1 aliphatic carbocycles. The van der Waals surface area contributed by atoms with Gasteiger partial charge in [-0.25, -0.2) is 8.78 Å². The van der Waals surface area contributed by atoms with Crippen molar-refractivity contribution in [1.82, 2.24) is 0 Å². The van der Waals surface area contributed by atoms with Gasteiger partial charge in [-0.2, -0.15) is 4.39 Å². The minimum atomic E-state index is -2.98. The molecule has 1 unspecified atom stereocenters. The van der Waals surface area contributed by atoms with Crippen molar-refractivity contribution in [3.05, 3.63) is 39.7 Å². The highest BCUT2D eigenvalue weighted by molar-refractivity contribution is 5.45. The fourth-order valence-corrected chi connectivity index (χ4v) is 1.94. The highest BCUT2D eigenvalue weighted by Gasteiger charge is 2.71. The van der Waals surface area contributed by atoms with E-state index < -0.39 is 34.2 Å². The monoisotopic (exact) mass is 246 g/mol. The molecule has 1 aliphatic rings. The number of nitro benzene ring substituents is 1. The highest BCUT2D eigenvalue weighted by Crippen LogP contribution is 2.61. The normalized spacial score (nSPS) is 25.6. The molecule has 2 N–H and O–H groups in total. The fraction of sp³-hybridized carbons (Fsp3) is 0.400. The number of nitrogens with zero attached hydrogens (tertiary/aromatic N) is 1. The van der Waals surface area contributed by atoms with Gasteiger partial charge in [0.25, 0.3) is 5.92 Å². The van der Waals surface area contributed by atoms with E-state index in [2.05, 4.69) is 0 Å². The Hall–Kier alpha value is -1.63. The van der Waals surface area contributed by atoms with Crippen LogP contribution in [0, 0.1) is 15.9 Å². The topological polar surface area (TPSA) is 69.2 Å². The molecule has 0 heterocycles. The third kappa shape index (κ3) is 1.57. The second-order valence-corrected chi connectivity index (χ2v) is 4.09. The predicted molar refractivity (Wildman–Crippen MR) is 53.4 cm³/mol. The molecular weight excluding hydrogens is 237 g/mol.